The third kappa shape index (κ3) is 3.35. The molecule has 0 aliphatic carbocycles. The normalized spacial score (nSPS) is 10.3. The van der Waals surface area contributed by atoms with E-state index in [9.17, 15) is 9.59 Å². The van der Waals surface area contributed by atoms with Gasteiger partial charge in [0.25, 0.3) is 0 Å². The molecule has 14 heavy (non-hydrogen) atoms. The Morgan fingerprint density at radius 3 is 2.36 bits per heavy atom. The van der Waals surface area contributed by atoms with E-state index in [1.807, 2.05) is 24.3 Å². The van der Waals surface area contributed by atoms with Gasteiger partial charge in [-0.25, -0.2) is 0 Å². The maximum Gasteiger partial charge on any atom is 0.142 e. The van der Waals surface area contributed by atoms with E-state index in [4.69, 9.17) is 0 Å². The fourth-order valence-electron chi connectivity index (χ4n) is 1.17. The molecule has 0 heterocycles. The molecule has 0 bridgehead atoms. The van der Waals surface area contributed by atoms with Gasteiger partial charge in [0.15, 0.2) is 0 Å². The number of carbonyl (C=O) groups is 2. The highest BCUT2D eigenvalue weighted by atomic mass is 16.1. The molecule has 1 aromatic rings. The molecule has 1 rings (SSSR count). The van der Waals surface area contributed by atoms with Crippen molar-refractivity contribution in [2.45, 2.75) is 12.8 Å². The van der Waals surface area contributed by atoms with E-state index in [-0.39, 0.29) is 0 Å². The number of aldehydes is 2. The predicted molar refractivity (Wildman–Crippen MR) is 55.9 cm³/mol. The molecule has 2 heteroatoms. The highest BCUT2D eigenvalue weighted by Crippen LogP contribution is 2.07. The minimum absolute atomic E-state index is 0.559. The van der Waals surface area contributed by atoms with Gasteiger partial charge < -0.3 is 4.79 Å². The van der Waals surface area contributed by atoms with Crippen LogP contribution in [0.5, 0.6) is 0 Å². The second kappa shape index (κ2) is 5.86. The van der Waals surface area contributed by atoms with Gasteiger partial charge in [-0.1, -0.05) is 30.3 Å². The van der Waals surface area contributed by atoms with Crippen LogP contribution in [0.15, 0.2) is 30.3 Å². The Morgan fingerprint density at radius 1 is 1.07 bits per heavy atom. The van der Waals surface area contributed by atoms with E-state index in [0.717, 1.165) is 30.1 Å². The number of hydrogen-bond acceptors (Lipinski definition) is 2. The van der Waals surface area contributed by atoms with E-state index in [0.29, 0.717) is 6.42 Å². The van der Waals surface area contributed by atoms with Crippen LogP contribution in [-0.2, 0) is 16.0 Å². The summed E-state index contributed by atoms with van der Waals surface area (Å²) in [4.78, 5) is 20.2. The van der Waals surface area contributed by atoms with Gasteiger partial charge in [-0.15, -0.1) is 0 Å². The first-order chi connectivity index (χ1) is 6.86. The lowest BCUT2D eigenvalue weighted by molar-refractivity contribution is -0.107. The van der Waals surface area contributed by atoms with Crippen LogP contribution >= 0.6 is 0 Å². The molecule has 0 radical (unpaired) electrons. The summed E-state index contributed by atoms with van der Waals surface area (Å²) >= 11 is 0. The molecule has 0 aliphatic heterocycles. The molecule has 0 saturated carbocycles. The van der Waals surface area contributed by atoms with Gasteiger partial charge >= 0.3 is 0 Å². The molecule has 0 aromatic heterocycles. The summed E-state index contributed by atoms with van der Waals surface area (Å²) in [6.45, 7) is 0. The van der Waals surface area contributed by atoms with Crippen LogP contribution in [0.1, 0.15) is 17.5 Å². The summed E-state index contributed by atoms with van der Waals surface area (Å²) in [7, 11) is 0. The maximum absolute atomic E-state index is 10.1. The zero-order valence-electron chi connectivity index (χ0n) is 7.85. The van der Waals surface area contributed by atoms with Crippen LogP contribution in [-0.4, -0.2) is 12.6 Å². The average Bonchev–Trinajstić information content (AvgIpc) is 2.25. The Hall–Kier alpha value is -1.70. The van der Waals surface area contributed by atoms with Gasteiger partial charge in [0.05, 0.1) is 0 Å². The first-order valence-electron chi connectivity index (χ1n) is 4.51. The predicted octanol–water partition coefficient (Wildman–Crippen LogP) is 2.03. The van der Waals surface area contributed by atoms with Crippen molar-refractivity contribution in [3.05, 3.63) is 41.5 Å². The third-order valence-electron chi connectivity index (χ3n) is 1.90. The van der Waals surface area contributed by atoms with Crippen LogP contribution < -0.4 is 0 Å². The average molecular weight is 188 g/mol. The van der Waals surface area contributed by atoms with Gasteiger partial charge in [0, 0.05) is 6.42 Å². The SMILES string of the molecule is O=CC=Cc1ccc(CCC=O)cc1. The van der Waals surface area contributed by atoms with E-state index in [1.165, 1.54) is 6.08 Å². The number of allylic oxidation sites excluding steroid dienone is 1. The van der Waals surface area contributed by atoms with E-state index in [1.54, 1.807) is 6.08 Å². The lowest BCUT2D eigenvalue weighted by Gasteiger charge is -1.97. The van der Waals surface area contributed by atoms with E-state index in [2.05, 4.69) is 0 Å². The Labute approximate surface area is 83.3 Å². The van der Waals surface area contributed by atoms with Crippen LogP contribution in [0, 0.1) is 0 Å². The minimum atomic E-state index is 0.559. The number of hydrogen-bond donors (Lipinski definition) is 0. The molecule has 72 valence electrons. The molecular formula is C12H12O2. The molecule has 0 aliphatic rings. The topological polar surface area (TPSA) is 34.1 Å². The lowest BCUT2D eigenvalue weighted by atomic mass is 10.1. The van der Waals surface area contributed by atoms with Crippen LogP contribution in [0.3, 0.4) is 0 Å². The van der Waals surface area contributed by atoms with Gasteiger partial charge in [-0.2, -0.15) is 0 Å². The van der Waals surface area contributed by atoms with Crippen molar-refractivity contribution in [2.75, 3.05) is 0 Å². The lowest BCUT2D eigenvalue weighted by Crippen LogP contribution is -1.85. The zero-order valence-corrected chi connectivity index (χ0v) is 7.85. The summed E-state index contributed by atoms with van der Waals surface area (Å²) < 4.78 is 0. The molecule has 1 aromatic carbocycles. The zero-order chi connectivity index (χ0) is 10.2. The van der Waals surface area contributed by atoms with Crippen molar-refractivity contribution in [1.82, 2.24) is 0 Å². The Balaban J connectivity index is 2.63. The van der Waals surface area contributed by atoms with Crippen LogP contribution in [0.2, 0.25) is 0 Å². The Morgan fingerprint density at radius 2 is 1.79 bits per heavy atom. The third-order valence-corrected chi connectivity index (χ3v) is 1.90. The summed E-state index contributed by atoms with van der Waals surface area (Å²) in [5.74, 6) is 0. The highest BCUT2D eigenvalue weighted by Gasteiger charge is 1.91. The van der Waals surface area contributed by atoms with Crippen LogP contribution in [0.4, 0.5) is 0 Å². The minimum Gasteiger partial charge on any atom is -0.303 e. The molecule has 0 spiro atoms. The van der Waals surface area contributed by atoms with Crippen LogP contribution in [0.25, 0.3) is 6.08 Å². The standard InChI is InChI=1S/C12H12O2/c13-9-1-3-11-5-7-12(8-6-11)4-2-10-14/h1,3,5-10H,2,4H2. The fourth-order valence-corrected chi connectivity index (χ4v) is 1.17. The van der Waals surface area contributed by atoms with E-state index >= 15 is 0 Å². The number of carbonyl (C=O) groups excluding carboxylic acids is 2. The first kappa shape index (κ1) is 10.4. The second-order valence-corrected chi connectivity index (χ2v) is 2.94. The smallest absolute Gasteiger partial charge is 0.142 e. The first-order valence-corrected chi connectivity index (χ1v) is 4.51. The molecule has 2 nitrogen and oxygen atoms in total. The van der Waals surface area contributed by atoms with E-state index < -0.39 is 0 Å². The van der Waals surface area contributed by atoms with Crippen molar-refractivity contribution in [3.63, 3.8) is 0 Å². The molecule has 0 saturated heterocycles. The van der Waals surface area contributed by atoms with Crippen molar-refractivity contribution in [1.29, 1.82) is 0 Å². The monoisotopic (exact) mass is 188 g/mol. The van der Waals surface area contributed by atoms with Gasteiger partial charge in [-0.3, -0.25) is 4.79 Å². The molecule has 0 N–H and O–H groups in total. The highest BCUT2D eigenvalue weighted by molar-refractivity contribution is 5.73. The maximum atomic E-state index is 10.1. The summed E-state index contributed by atoms with van der Waals surface area (Å²) in [5, 5.41) is 0. The molecule has 0 fully saturated rings. The molecule has 0 unspecified atom stereocenters. The summed E-state index contributed by atoms with van der Waals surface area (Å²) in [6.07, 6.45) is 6.21. The van der Waals surface area contributed by atoms with Gasteiger partial charge in [0.2, 0.25) is 0 Å². The van der Waals surface area contributed by atoms with Crippen molar-refractivity contribution >= 4 is 18.6 Å². The largest absolute Gasteiger partial charge is 0.303 e. The van der Waals surface area contributed by atoms with Crippen molar-refractivity contribution in [3.8, 4) is 0 Å². The Kier molecular flexibility index (Phi) is 4.35. The van der Waals surface area contributed by atoms with Crippen molar-refractivity contribution < 1.29 is 9.59 Å². The molecule has 0 amide bonds. The van der Waals surface area contributed by atoms with Gasteiger partial charge in [-0.05, 0) is 23.6 Å². The fraction of sp³-hybridized carbons (Fsp3) is 0.167. The van der Waals surface area contributed by atoms with Crippen molar-refractivity contribution in [2.24, 2.45) is 0 Å². The van der Waals surface area contributed by atoms with Gasteiger partial charge in [0.1, 0.15) is 12.6 Å². The quantitative estimate of drug-likeness (QED) is 0.523. The molecule has 0 atom stereocenters. The number of aryl methyl sites for hydroxylation is 1. The Bertz CT molecular complexity index is 323. The molecular weight excluding hydrogens is 176 g/mol. The summed E-state index contributed by atoms with van der Waals surface area (Å²) in [6, 6.07) is 7.79. The second-order valence-electron chi connectivity index (χ2n) is 2.94. The number of benzene rings is 1. The number of rotatable bonds is 5. The summed E-state index contributed by atoms with van der Waals surface area (Å²) in [5.41, 5.74) is 2.13.